The van der Waals surface area contributed by atoms with E-state index in [0.29, 0.717) is 15.9 Å². The molecule has 0 radical (unpaired) electrons. The molecule has 0 aliphatic heterocycles. The van der Waals surface area contributed by atoms with Crippen molar-refractivity contribution in [1.29, 1.82) is 0 Å². The van der Waals surface area contributed by atoms with Crippen LogP contribution in [0.3, 0.4) is 0 Å². The highest BCUT2D eigenvalue weighted by Gasteiger charge is 2.43. The minimum Gasteiger partial charge on any atom is -0.480 e. The van der Waals surface area contributed by atoms with Crippen LogP contribution in [0.4, 0.5) is 10.6 Å². The lowest BCUT2D eigenvalue weighted by Crippen LogP contribution is -2.54. The van der Waals surface area contributed by atoms with Gasteiger partial charge in [-0.1, -0.05) is 51.1 Å². The number of hydrogen-bond acceptors (Lipinski definition) is 9. The van der Waals surface area contributed by atoms with Gasteiger partial charge >= 0.3 is 12.1 Å². The third-order valence-electron chi connectivity index (χ3n) is 6.78. The Balaban J connectivity index is 1.78. The van der Waals surface area contributed by atoms with Gasteiger partial charge in [-0.3, -0.25) is 4.98 Å². The Kier molecular flexibility index (Phi) is 10.8. The third kappa shape index (κ3) is 8.96. The van der Waals surface area contributed by atoms with Crippen molar-refractivity contribution in [2.75, 3.05) is 4.90 Å². The summed E-state index contributed by atoms with van der Waals surface area (Å²) in [6.07, 6.45) is 1.81. The molecule has 1 unspecified atom stereocenters. The second-order valence-electron chi connectivity index (χ2n) is 12.8. The van der Waals surface area contributed by atoms with E-state index in [1.54, 1.807) is 59.7 Å². The Hall–Kier alpha value is -4.27. The SMILES string of the molecule is CC(C)(C)OC(=O)N(c1ccc(Br)c(CN(Cc2ccc(-c3ccccc3)nn2)S(=O)(=O)c2cccnc2)n1)C(C(=O)O)C(C)(C)C. The number of pyridine rings is 2. The molecule has 1 amide bonds. The van der Waals surface area contributed by atoms with Gasteiger partial charge in [0.2, 0.25) is 10.0 Å². The maximum absolute atomic E-state index is 14.0. The van der Waals surface area contributed by atoms with Gasteiger partial charge in [-0.25, -0.2) is 27.9 Å². The molecule has 3 aromatic heterocycles. The Bertz CT molecular complexity index is 1810. The fraction of sp³-hybridized carbons (Fsp3) is 0.333. The van der Waals surface area contributed by atoms with Crippen molar-refractivity contribution in [3.63, 3.8) is 0 Å². The summed E-state index contributed by atoms with van der Waals surface area (Å²) in [5, 5.41) is 18.9. The predicted molar refractivity (Wildman–Crippen MR) is 180 cm³/mol. The molecule has 0 saturated carbocycles. The number of carbonyl (C=O) groups excluding carboxylic acids is 1. The lowest BCUT2D eigenvalue weighted by Gasteiger charge is -2.37. The normalized spacial score (nSPS) is 12.9. The summed E-state index contributed by atoms with van der Waals surface area (Å²) >= 11 is 3.47. The van der Waals surface area contributed by atoms with Gasteiger partial charge in [-0.15, -0.1) is 0 Å². The van der Waals surface area contributed by atoms with Crippen LogP contribution in [-0.4, -0.2) is 61.7 Å². The van der Waals surface area contributed by atoms with E-state index < -0.39 is 39.1 Å². The van der Waals surface area contributed by atoms with Crippen molar-refractivity contribution < 1.29 is 27.9 Å². The minimum atomic E-state index is -4.16. The Morgan fingerprint density at radius 3 is 2.17 bits per heavy atom. The first-order valence-corrected chi connectivity index (χ1v) is 16.9. The number of hydrogen-bond donors (Lipinski definition) is 1. The molecular weight excluding hydrogens is 688 g/mol. The number of benzene rings is 1. The smallest absolute Gasteiger partial charge is 0.416 e. The molecule has 4 rings (SSSR count). The number of ether oxygens (including phenoxy) is 1. The lowest BCUT2D eigenvalue weighted by atomic mass is 9.85. The number of nitrogens with zero attached hydrogens (tertiary/aromatic N) is 6. The van der Waals surface area contributed by atoms with Crippen molar-refractivity contribution in [2.45, 2.75) is 71.2 Å². The molecule has 12 nitrogen and oxygen atoms in total. The molecule has 0 saturated heterocycles. The van der Waals surface area contributed by atoms with Gasteiger partial charge in [0.25, 0.3) is 0 Å². The van der Waals surface area contributed by atoms with E-state index in [4.69, 9.17) is 4.74 Å². The van der Waals surface area contributed by atoms with Crippen LogP contribution in [0, 0.1) is 5.41 Å². The van der Waals surface area contributed by atoms with Crippen LogP contribution in [0.2, 0.25) is 0 Å². The van der Waals surface area contributed by atoms with E-state index in [1.165, 1.54) is 34.9 Å². The molecule has 1 aromatic carbocycles. The minimum absolute atomic E-state index is 0.0227. The Morgan fingerprint density at radius 1 is 0.915 bits per heavy atom. The topological polar surface area (TPSA) is 156 Å². The van der Waals surface area contributed by atoms with Crippen LogP contribution in [-0.2, 0) is 32.6 Å². The molecule has 0 aliphatic rings. The fourth-order valence-corrected chi connectivity index (χ4v) is 6.34. The number of anilines is 1. The molecular formula is C33H37BrN6O6S. The third-order valence-corrected chi connectivity index (χ3v) is 9.28. The van der Waals surface area contributed by atoms with Gasteiger partial charge in [0.1, 0.15) is 22.4 Å². The van der Waals surface area contributed by atoms with Gasteiger partial charge in [0.15, 0.2) is 0 Å². The lowest BCUT2D eigenvalue weighted by molar-refractivity contribution is -0.141. The first-order chi connectivity index (χ1) is 22.0. The van der Waals surface area contributed by atoms with E-state index in [1.807, 2.05) is 30.3 Å². The number of aromatic nitrogens is 4. The van der Waals surface area contributed by atoms with E-state index >= 15 is 0 Å². The summed E-state index contributed by atoms with van der Waals surface area (Å²) in [7, 11) is -4.16. The molecule has 0 spiro atoms. The summed E-state index contributed by atoms with van der Waals surface area (Å²) in [4.78, 5) is 35.7. The number of carboxylic acid groups (broad SMARTS) is 1. The van der Waals surface area contributed by atoms with E-state index in [0.717, 1.165) is 10.5 Å². The van der Waals surface area contributed by atoms with Crippen LogP contribution >= 0.6 is 15.9 Å². The molecule has 0 bridgehead atoms. The number of sulfonamides is 1. The highest BCUT2D eigenvalue weighted by molar-refractivity contribution is 9.10. The van der Waals surface area contributed by atoms with Gasteiger partial charge in [0, 0.05) is 22.4 Å². The summed E-state index contributed by atoms with van der Waals surface area (Å²) in [5.41, 5.74) is 0.217. The number of carbonyl (C=O) groups is 2. The predicted octanol–water partition coefficient (Wildman–Crippen LogP) is 6.33. The highest BCUT2D eigenvalue weighted by atomic mass is 79.9. The molecule has 3 heterocycles. The molecule has 0 aliphatic carbocycles. The molecule has 14 heteroatoms. The summed E-state index contributed by atoms with van der Waals surface area (Å²) in [5.74, 6) is -1.28. The zero-order valence-electron chi connectivity index (χ0n) is 27.0. The highest BCUT2D eigenvalue weighted by Crippen LogP contribution is 2.32. The largest absolute Gasteiger partial charge is 0.480 e. The Labute approximate surface area is 283 Å². The van der Waals surface area contributed by atoms with Gasteiger partial charge in [-0.2, -0.15) is 14.5 Å². The zero-order valence-corrected chi connectivity index (χ0v) is 29.4. The second-order valence-corrected chi connectivity index (χ2v) is 15.6. The number of halogens is 1. The number of carboxylic acids is 1. The maximum Gasteiger partial charge on any atom is 0.416 e. The summed E-state index contributed by atoms with van der Waals surface area (Å²) < 4.78 is 35.2. The van der Waals surface area contributed by atoms with Gasteiger partial charge in [-0.05, 0) is 78.5 Å². The van der Waals surface area contributed by atoms with Gasteiger partial charge in [0.05, 0.1) is 30.2 Å². The molecule has 248 valence electrons. The number of rotatable bonds is 10. The number of amides is 1. The van der Waals surface area contributed by atoms with Crippen molar-refractivity contribution in [1.82, 2.24) is 24.5 Å². The van der Waals surface area contributed by atoms with Crippen LogP contribution in [0.15, 0.2) is 88.5 Å². The second kappa shape index (κ2) is 14.2. The molecule has 0 fully saturated rings. The quantitative estimate of drug-likeness (QED) is 0.196. The van der Waals surface area contributed by atoms with E-state index in [2.05, 4.69) is 36.1 Å². The average molecular weight is 726 g/mol. The van der Waals surface area contributed by atoms with Crippen molar-refractivity contribution >= 4 is 43.8 Å². The monoisotopic (exact) mass is 724 g/mol. The van der Waals surface area contributed by atoms with Crippen molar-refractivity contribution in [3.05, 3.63) is 95.0 Å². The molecule has 47 heavy (non-hydrogen) atoms. The summed E-state index contributed by atoms with van der Waals surface area (Å²) in [6.45, 7) is 9.64. The van der Waals surface area contributed by atoms with E-state index in [-0.39, 0.29) is 29.5 Å². The van der Waals surface area contributed by atoms with Crippen LogP contribution in [0.25, 0.3) is 11.3 Å². The van der Waals surface area contributed by atoms with Crippen molar-refractivity contribution in [3.8, 4) is 11.3 Å². The van der Waals surface area contributed by atoms with Crippen LogP contribution < -0.4 is 4.90 Å². The number of aliphatic carboxylic acids is 1. The molecule has 4 aromatic rings. The Morgan fingerprint density at radius 2 is 1.62 bits per heavy atom. The van der Waals surface area contributed by atoms with Crippen LogP contribution in [0.5, 0.6) is 0 Å². The van der Waals surface area contributed by atoms with E-state index in [9.17, 15) is 23.1 Å². The molecule has 1 N–H and O–H groups in total. The summed E-state index contributed by atoms with van der Waals surface area (Å²) in [6, 6.07) is 17.6. The first kappa shape index (κ1) is 35.6. The average Bonchev–Trinajstić information content (AvgIpc) is 3.00. The van der Waals surface area contributed by atoms with Gasteiger partial charge < -0.3 is 9.84 Å². The zero-order chi connectivity index (χ0) is 34.6. The van der Waals surface area contributed by atoms with Crippen LogP contribution in [0.1, 0.15) is 52.9 Å². The standard InChI is InChI=1S/C33H37BrN6O6S/c1-32(2,3)29(30(41)42)40(31(43)46-33(4,5)6)28-17-15-25(34)27(36-28)21-39(47(44,45)24-13-10-18-35-19-24)20-23-14-16-26(38-37-23)22-11-8-7-9-12-22/h7-19,29H,20-21H2,1-6H3,(H,41,42). The van der Waals surface area contributed by atoms with Crippen molar-refractivity contribution in [2.24, 2.45) is 5.41 Å². The maximum atomic E-state index is 14.0. The molecule has 1 atom stereocenters. The fourth-order valence-electron chi connectivity index (χ4n) is 4.66. The first-order valence-electron chi connectivity index (χ1n) is 14.7.